The van der Waals surface area contributed by atoms with Crippen LogP contribution in [0, 0.1) is 11.8 Å². The zero-order valence-electron chi connectivity index (χ0n) is 8.97. The van der Waals surface area contributed by atoms with Crippen LogP contribution in [-0.2, 0) is 0 Å². The minimum Gasteiger partial charge on any atom is -0.316 e. The van der Waals surface area contributed by atoms with E-state index in [2.05, 4.69) is 5.32 Å². The highest BCUT2D eigenvalue weighted by atomic mass is 19.1. The molecule has 0 amide bonds. The molecule has 0 radical (unpaired) electrons. The highest BCUT2D eigenvalue weighted by Gasteiger charge is 2.27. The van der Waals surface area contributed by atoms with Crippen molar-refractivity contribution in [1.29, 1.82) is 0 Å². The predicted octanol–water partition coefficient (Wildman–Crippen LogP) is 2.90. The lowest BCUT2D eigenvalue weighted by molar-refractivity contribution is 0.153. The summed E-state index contributed by atoms with van der Waals surface area (Å²) in [6, 6.07) is 0. The van der Waals surface area contributed by atoms with E-state index in [1.54, 1.807) is 0 Å². The zero-order valence-corrected chi connectivity index (χ0v) is 8.97. The van der Waals surface area contributed by atoms with Crippen LogP contribution < -0.4 is 5.32 Å². The molecule has 1 saturated heterocycles. The Morgan fingerprint density at radius 3 is 2.57 bits per heavy atom. The standard InChI is InChI=1S/C12H22FN/c13-12(8-10-6-7-14-9-10)11-4-2-1-3-5-11/h10-12,14H,1-9H2. The van der Waals surface area contributed by atoms with E-state index >= 15 is 0 Å². The van der Waals surface area contributed by atoms with Crippen molar-refractivity contribution in [2.24, 2.45) is 11.8 Å². The first kappa shape index (κ1) is 10.4. The van der Waals surface area contributed by atoms with Gasteiger partial charge in [0, 0.05) is 0 Å². The summed E-state index contributed by atoms with van der Waals surface area (Å²) in [4.78, 5) is 0. The van der Waals surface area contributed by atoms with Crippen molar-refractivity contribution in [2.75, 3.05) is 13.1 Å². The molecule has 2 aliphatic rings. The molecule has 0 spiro atoms. The van der Waals surface area contributed by atoms with Crippen LogP contribution in [0.2, 0.25) is 0 Å². The van der Waals surface area contributed by atoms with Gasteiger partial charge in [-0.3, -0.25) is 0 Å². The second-order valence-electron chi connectivity index (χ2n) is 5.01. The van der Waals surface area contributed by atoms with Gasteiger partial charge in [-0.05, 0) is 50.6 Å². The van der Waals surface area contributed by atoms with Crippen molar-refractivity contribution in [3.05, 3.63) is 0 Å². The molecule has 1 N–H and O–H groups in total. The first-order valence-corrected chi connectivity index (χ1v) is 6.21. The van der Waals surface area contributed by atoms with Crippen molar-refractivity contribution < 1.29 is 4.39 Å². The van der Waals surface area contributed by atoms with Crippen LogP contribution in [0.25, 0.3) is 0 Å². The molecule has 0 aromatic rings. The monoisotopic (exact) mass is 199 g/mol. The van der Waals surface area contributed by atoms with Crippen molar-refractivity contribution in [2.45, 2.75) is 51.1 Å². The second kappa shape index (κ2) is 5.11. The lowest BCUT2D eigenvalue weighted by Crippen LogP contribution is -2.22. The number of alkyl halides is 1. The fraction of sp³-hybridized carbons (Fsp3) is 1.00. The molecule has 14 heavy (non-hydrogen) atoms. The molecule has 2 fully saturated rings. The largest absolute Gasteiger partial charge is 0.316 e. The lowest BCUT2D eigenvalue weighted by Gasteiger charge is -2.26. The van der Waals surface area contributed by atoms with E-state index in [0.717, 1.165) is 32.4 Å². The van der Waals surface area contributed by atoms with Gasteiger partial charge in [-0.1, -0.05) is 19.3 Å². The highest BCUT2D eigenvalue weighted by Crippen LogP contribution is 2.31. The fourth-order valence-electron chi connectivity index (χ4n) is 2.92. The Bertz CT molecular complexity index is 160. The maximum atomic E-state index is 13.9. The van der Waals surface area contributed by atoms with Gasteiger partial charge in [-0.2, -0.15) is 0 Å². The van der Waals surface area contributed by atoms with Crippen molar-refractivity contribution >= 4 is 0 Å². The van der Waals surface area contributed by atoms with Crippen LogP contribution in [-0.4, -0.2) is 19.3 Å². The second-order valence-corrected chi connectivity index (χ2v) is 5.01. The molecule has 2 heteroatoms. The van der Waals surface area contributed by atoms with Gasteiger partial charge in [0.05, 0.1) is 0 Å². The maximum Gasteiger partial charge on any atom is 0.103 e. The van der Waals surface area contributed by atoms with E-state index in [9.17, 15) is 4.39 Å². The van der Waals surface area contributed by atoms with Gasteiger partial charge in [0.2, 0.25) is 0 Å². The summed E-state index contributed by atoms with van der Waals surface area (Å²) in [5, 5.41) is 3.31. The molecule has 82 valence electrons. The summed E-state index contributed by atoms with van der Waals surface area (Å²) in [6.45, 7) is 2.15. The summed E-state index contributed by atoms with van der Waals surface area (Å²) in [5.41, 5.74) is 0. The summed E-state index contributed by atoms with van der Waals surface area (Å²) in [5.74, 6) is 1.01. The van der Waals surface area contributed by atoms with E-state index in [4.69, 9.17) is 0 Å². The number of hydrogen-bond donors (Lipinski definition) is 1. The summed E-state index contributed by atoms with van der Waals surface area (Å²) in [6.07, 6.45) is 7.61. The van der Waals surface area contributed by atoms with Gasteiger partial charge in [-0.25, -0.2) is 4.39 Å². The van der Waals surface area contributed by atoms with E-state index in [-0.39, 0.29) is 0 Å². The quantitative estimate of drug-likeness (QED) is 0.737. The molecule has 2 atom stereocenters. The molecule has 0 aromatic heterocycles. The van der Waals surface area contributed by atoms with Gasteiger partial charge >= 0.3 is 0 Å². The van der Waals surface area contributed by atoms with Crippen LogP contribution >= 0.6 is 0 Å². The Balaban J connectivity index is 1.72. The Hall–Kier alpha value is -0.110. The SMILES string of the molecule is FC(CC1CCNC1)C1CCCCC1. The Labute approximate surface area is 86.5 Å². The van der Waals surface area contributed by atoms with E-state index in [1.165, 1.54) is 25.7 Å². The number of hydrogen-bond acceptors (Lipinski definition) is 1. The Morgan fingerprint density at radius 1 is 1.14 bits per heavy atom. The molecule has 2 rings (SSSR count). The van der Waals surface area contributed by atoms with Crippen LogP contribution in [0.3, 0.4) is 0 Å². The molecule has 0 bridgehead atoms. The summed E-state index contributed by atoms with van der Waals surface area (Å²) in [7, 11) is 0. The fourth-order valence-corrected chi connectivity index (χ4v) is 2.92. The Morgan fingerprint density at radius 2 is 1.93 bits per heavy atom. The molecule has 1 saturated carbocycles. The van der Waals surface area contributed by atoms with E-state index in [1.807, 2.05) is 0 Å². The van der Waals surface area contributed by atoms with E-state index < -0.39 is 6.17 Å². The van der Waals surface area contributed by atoms with Crippen LogP contribution in [0.15, 0.2) is 0 Å². The molecule has 1 aliphatic heterocycles. The van der Waals surface area contributed by atoms with Gasteiger partial charge in [-0.15, -0.1) is 0 Å². The molecule has 2 unspecified atom stereocenters. The first-order valence-electron chi connectivity index (χ1n) is 6.21. The summed E-state index contributed by atoms with van der Waals surface area (Å²) >= 11 is 0. The minimum absolute atomic E-state index is 0.393. The zero-order chi connectivity index (χ0) is 9.80. The van der Waals surface area contributed by atoms with E-state index in [0.29, 0.717) is 11.8 Å². The highest BCUT2D eigenvalue weighted by molar-refractivity contribution is 4.79. The van der Waals surface area contributed by atoms with Crippen molar-refractivity contribution in [1.82, 2.24) is 5.32 Å². The van der Waals surface area contributed by atoms with Crippen LogP contribution in [0.5, 0.6) is 0 Å². The van der Waals surface area contributed by atoms with Gasteiger partial charge in [0.25, 0.3) is 0 Å². The predicted molar refractivity (Wildman–Crippen MR) is 57.1 cm³/mol. The van der Waals surface area contributed by atoms with Gasteiger partial charge < -0.3 is 5.32 Å². The molecule has 1 aliphatic carbocycles. The smallest absolute Gasteiger partial charge is 0.103 e. The third kappa shape index (κ3) is 2.69. The summed E-state index contributed by atoms with van der Waals surface area (Å²) < 4.78 is 13.9. The molecular weight excluding hydrogens is 177 g/mol. The molecule has 0 aromatic carbocycles. The van der Waals surface area contributed by atoms with Crippen molar-refractivity contribution in [3.8, 4) is 0 Å². The average molecular weight is 199 g/mol. The van der Waals surface area contributed by atoms with Crippen LogP contribution in [0.1, 0.15) is 44.9 Å². The molecule has 1 nitrogen and oxygen atoms in total. The first-order chi connectivity index (χ1) is 6.86. The average Bonchev–Trinajstić information content (AvgIpc) is 2.72. The third-order valence-corrected chi connectivity index (χ3v) is 3.88. The topological polar surface area (TPSA) is 12.0 Å². The Kier molecular flexibility index (Phi) is 3.80. The molecular formula is C12H22FN. The third-order valence-electron chi connectivity index (χ3n) is 3.88. The molecule has 1 heterocycles. The lowest BCUT2D eigenvalue weighted by atomic mass is 9.82. The number of halogens is 1. The van der Waals surface area contributed by atoms with Crippen LogP contribution in [0.4, 0.5) is 4.39 Å². The number of rotatable bonds is 3. The van der Waals surface area contributed by atoms with Crippen molar-refractivity contribution in [3.63, 3.8) is 0 Å². The minimum atomic E-state index is -0.514. The van der Waals surface area contributed by atoms with Gasteiger partial charge in [0.15, 0.2) is 0 Å². The van der Waals surface area contributed by atoms with Gasteiger partial charge in [0.1, 0.15) is 6.17 Å². The maximum absolute atomic E-state index is 13.9. The normalized spacial score (nSPS) is 31.9. The number of nitrogens with one attached hydrogen (secondary N) is 1.